The lowest BCUT2D eigenvalue weighted by molar-refractivity contribution is 0.0588. The largest absolute Gasteiger partial charge is 0.464 e. The van der Waals surface area contributed by atoms with Crippen molar-refractivity contribution in [2.75, 3.05) is 7.11 Å². The van der Waals surface area contributed by atoms with Crippen molar-refractivity contribution in [2.45, 2.75) is 6.92 Å². The Kier molecular flexibility index (Phi) is 2.28. The van der Waals surface area contributed by atoms with Crippen molar-refractivity contribution < 1.29 is 14.1 Å². The smallest absolute Gasteiger partial charge is 0.361 e. The summed E-state index contributed by atoms with van der Waals surface area (Å²) in [5.74, 6) is 0.0547. The number of aromatic nitrogens is 1. The highest BCUT2D eigenvalue weighted by atomic mass is 79.9. The van der Waals surface area contributed by atoms with Gasteiger partial charge >= 0.3 is 5.97 Å². The van der Waals surface area contributed by atoms with Crippen molar-refractivity contribution in [1.29, 1.82) is 0 Å². The predicted molar refractivity (Wildman–Crippen MR) is 40.3 cm³/mol. The Morgan fingerprint density at radius 2 is 2.36 bits per heavy atom. The quantitative estimate of drug-likeness (QED) is 0.673. The van der Waals surface area contributed by atoms with Gasteiger partial charge in [0.15, 0.2) is 0 Å². The zero-order chi connectivity index (χ0) is 8.43. The number of hydrogen-bond acceptors (Lipinski definition) is 4. The van der Waals surface area contributed by atoms with Gasteiger partial charge in [-0.25, -0.2) is 4.79 Å². The van der Waals surface area contributed by atoms with E-state index in [9.17, 15) is 4.79 Å². The van der Waals surface area contributed by atoms with Crippen LogP contribution in [0, 0.1) is 6.92 Å². The number of methoxy groups -OCH3 is 1. The topological polar surface area (TPSA) is 52.3 Å². The monoisotopic (exact) mass is 219 g/mol. The minimum absolute atomic E-state index is 0.171. The molecule has 0 aliphatic carbocycles. The first-order valence-corrected chi connectivity index (χ1v) is 3.66. The number of carbonyl (C=O) groups is 1. The first-order chi connectivity index (χ1) is 5.16. The standard InChI is InChI=1S/C6H6BrNO3/c1-3-4(7)5(8-11-3)6(9)10-2/h1-2H3. The van der Waals surface area contributed by atoms with Gasteiger partial charge in [-0.15, -0.1) is 0 Å². The fraction of sp³-hybridized carbons (Fsp3) is 0.333. The molecule has 1 aromatic heterocycles. The van der Waals surface area contributed by atoms with Crippen LogP contribution in [0.15, 0.2) is 9.00 Å². The summed E-state index contributed by atoms with van der Waals surface area (Å²) < 4.78 is 9.71. The van der Waals surface area contributed by atoms with E-state index in [-0.39, 0.29) is 5.69 Å². The zero-order valence-corrected chi connectivity index (χ0v) is 7.64. The van der Waals surface area contributed by atoms with Crippen molar-refractivity contribution in [2.24, 2.45) is 0 Å². The molecule has 0 saturated heterocycles. The number of aryl methyl sites for hydroxylation is 1. The van der Waals surface area contributed by atoms with Gasteiger partial charge in [-0.2, -0.15) is 0 Å². The van der Waals surface area contributed by atoms with Gasteiger partial charge in [-0.3, -0.25) is 0 Å². The van der Waals surface area contributed by atoms with Crippen LogP contribution in [0.3, 0.4) is 0 Å². The van der Waals surface area contributed by atoms with E-state index in [1.54, 1.807) is 6.92 Å². The lowest BCUT2D eigenvalue weighted by Gasteiger charge is -1.91. The Hall–Kier alpha value is -0.840. The second-order valence-corrected chi connectivity index (χ2v) is 2.69. The Bertz CT molecular complexity index is 281. The summed E-state index contributed by atoms with van der Waals surface area (Å²) in [6.07, 6.45) is 0. The van der Waals surface area contributed by atoms with Crippen molar-refractivity contribution >= 4 is 21.9 Å². The fourth-order valence-electron chi connectivity index (χ4n) is 0.585. The SMILES string of the molecule is COC(=O)c1noc(C)c1Br. The number of rotatable bonds is 1. The van der Waals surface area contributed by atoms with E-state index in [1.165, 1.54) is 7.11 Å². The third-order valence-corrected chi connectivity index (χ3v) is 2.10. The molecule has 0 unspecified atom stereocenters. The van der Waals surface area contributed by atoms with Gasteiger partial charge < -0.3 is 9.26 Å². The third-order valence-electron chi connectivity index (χ3n) is 1.17. The maximum Gasteiger partial charge on any atom is 0.361 e. The highest BCUT2D eigenvalue weighted by molar-refractivity contribution is 9.10. The van der Waals surface area contributed by atoms with Crippen LogP contribution >= 0.6 is 15.9 Å². The van der Waals surface area contributed by atoms with Gasteiger partial charge in [0.2, 0.25) is 5.69 Å². The average molecular weight is 220 g/mol. The number of carbonyl (C=O) groups excluding carboxylic acids is 1. The molecule has 1 heterocycles. The van der Waals surface area contributed by atoms with Gasteiger partial charge in [0, 0.05) is 0 Å². The van der Waals surface area contributed by atoms with Crippen LogP contribution in [-0.4, -0.2) is 18.2 Å². The molecular weight excluding hydrogens is 214 g/mol. The van der Waals surface area contributed by atoms with Crippen LogP contribution < -0.4 is 0 Å². The minimum Gasteiger partial charge on any atom is -0.464 e. The number of ether oxygens (including phenoxy) is 1. The first-order valence-electron chi connectivity index (χ1n) is 2.87. The molecule has 0 fully saturated rings. The van der Waals surface area contributed by atoms with Gasteiger partial charge in [0.25, 0.3) is 0 Å². The zero-order valence-electron chi connectivity index (χ0n) is 6.05. The molecule has 1 aromatic rings. The summed E-state index contributed by atoms with van der Waals surface area (Å²) in [6.45, 7) is 1.70. The first kappa shape index (κ1) is 8.26. The van der Waals surface area contributed by atoms with E-state index in [4.69, 9.17) is 4.52 Å². The third kappa shape index (κ3) is 1.42. The summed E-state index contributed by atoms with van der Waals surface area (Å²) in [4.78, 5) is 10.9. The number of nitrogens with zero attached hydrogens (tertiary/aromatic N) is 1. The van der Waals surface area contributed by atoms with Crippen molar-refractivity contribution in [1.82, 2.24) is 5.16 Å². The minimum atomic E-state index is -0.506. The van der Waals surface area contributed by atoms with Crippen molar-refractivity contribution in [3.05, 3.63) is 15.9 Å². The summed E-state index contributed by atoms with van der Waals surface area (Å²) in [6, 6.07) is 0. The lowest BCUT2D eigenvalue weighted by Crippen LogP contribution is -2.01. The van der Waals surface area contributed by atoms with Crippen LogP contribution in [0.5, 0.6) is 0 Å². The van der Waals surface area contributed by atoms with Crippen LogP contribution in [0.4, 0.5) is 0 Å². The van der Waals surface area contributed by atoms with Gasteiger partial charge in [0.1, 0.15) is 5.76 Å². The highest BCUT2D eigenvalue weighted by Crippen LogP contribution is 2.20. The van der Waals surface area contributed by atoms with Crippen LogP contribution in [0.2, 0.25) is 0 Å². The molecule has 0 radical (unpaired) electrons. The molecule has 0 spiro atoms. The predicted octanol–water partition coefficient (Wildman–Crippen LogP) is 1.53. The molecule has 0 aliphatic heterocycles. The Labute approximate surface area is 71.6 Å². The molecule has 60 valence electrons. The Morgan fingerprint density at radius 3 is 2.73 bits per heavy atom. The maximum absolute atomic E-state index is 10.9. The summed E-state index contributed by atoms with van der Waals surface area (Å²) >= 11 is 3.13. The lowest BCUT2D eigenvalue weighted by atomic mass is 10.4. The Morgan fingerprint density at radius 1 is 1.73 bits per heavy atom. The molecule has 0 atom stereocenters. The molecule has 0 bridgehead atoms. The molecule has 0 N–H and O–H groups in total. The number of halogens is 1. The number of hydrogen-bond donors (Lipinski definition) is 0. The van der Waals surface area contributed by atoms with E-state index in [1.807, 2.05) is 0 Å². The van der Waals surface area contributed by atoms with Crippen LogP contribution in [-0.2, 0) is 4.74 Å². The fourth-order valence-corrected chi connectivity index (χ4v) is 0.891. The van der Waals surface area contributed by atoms with Gasteiger partial charge in [-0.1, -0.05) is 5.16 Å². The van der Waals surface area contributed by atoms with E-state index in [2.05, 4.69) is 25.8 Å². The summed E-state index contributed by atoms with van der Waals surface area (Å²) in [5, 5.41) is 3.49. The molecule has 0 aromatic carbocycles. The second kappa shape index (κ2) is 3.04. The average Bonchev–Trinajstić information content (AvgIpc) is 2.32. The maximum atomic E-state index is 10.9. The van der Waals surface area contributed by atoms with Crippen molar-refractivity contribution in [3.8, 4) is 0 Å². The highest BCUT2D eigenvalue weighted by Gasteiger charge is 2.17. The van der Waals surface area contributed by atoms with Crippen LogP contribution in [0.25, 0.3) is 0 Å². The van der Waals surface area contributed by atoms with Gasteiger partial charge in [0.05, 0.1) is 11.6 Å². The summed E-state index contributed by atoms with van der Waals surface area (Å²) in [5.41, 5.74) is 0.171. The molecule has 1 rings (SSSR count). The molecular formula is C6H6BrNO3. The molecule has 5 heteroatoms. The van der Waals surface area contributed by atoms with Gasteiger partial charge in [-0.05, 0) is 22.9 Å². The number of esters is 1. The van der Waals surface area contributed by atoms with E-state index < -0.39 is 5.97 Å². The van der Waals surface area contributed by atoms with E-state index in [0.29, 0.717) is 10.2 Å². The van der Waals surface area contributed by atoms with Crippen molar-refractivity contribution in [3.63, 3.8) is 0 Å². The molecule has 0 saturated carbocycles. The van der Waals surface area contributed by atoms with E-state index >= 15 is 0 Å². The molecule has 4 nitrogen and oxygen atoms in total. The molecule has 0 amide bonds. The Balaban J connectivity index is 3.04. The second-order valence-electron chi connectivity index (χ2n) is 1.89. The molecule has 0 aliphatic rings. The van der Waals surface area contributed by atoms with Crippen LogP contribution in [0.1, 0.15) is 16.2 Å². The summed E-state index contributed by atoms with van der Waals surface area (Å²) in [7, 11) is 1.29. The van der Waals surface area contributed by atoms with E-state index in [0.717, 1.165) is 0 Å². The molecule has 11 heavy (non-hydrogen) atoms. The normalized spacial score (nSPS) is 9.73.